The smallest absolute Gasteiger partial charge is 0.319 e. The standard InChI is InChI=1S/C36H37F3N8O2/c1-45(25-11-15-46(20-25)34(48)29(38)16-24-6-4-13-41-44-24)33-28-18-40-31(27-8-3-2-7-26(27)22-9-10-22)30(39)32(28)42-35(43-33)49-21-36-12-5-14-47(36)19-23(37)17-36/h2-4,6-8,13,16,18,22-23,25H,5,9-12,14-15,17,19-21H2,1H3/b29-16-/t23?,25?,36-/m0/s1. The van der Waals surface area contributed by atoms with Gasteiger partial charge in [0.15, 0.2) is 11.6 Å². The molecule has 0 bridgehead atoms. The lowest BCUT2D eigenvalue weighted by molar-refractivity contribution is -0.127. The average molecular weight is 671 g/mol. The normalized spacial score (nSPS) is 24.1. The molecule has 0 N–H and O–H groups in total. The summed E-state index contributed by atoms with van der Waals surface area (Å²) in [5.41, 5.74) is 1.89. The van der Waals surface area contributed by atoms with Crippen molar-refractivity contribution < 1.29 is 22.7 Å². The van der Waals surface area contributed by atoms with Crippen LogP contribution in [0, 0.1) is 5.82 Å². The molecule has 4 fully saturated rings. The Morgan fingerprint density at radius 2 is 1.98 bits per heavy atom. The molecule has 4 aromatic rings. The highest BCUT2D eigenvalue weighted by Gasteiger charge is 2.49. The van der Waals surface area contributed by atoms with E-state index in [0.29, 0.717) is 43.1 Å². The SMILES string of the molecule is CN(c1nc(OC[C@@]23CCCN2CC(F)C3)nc2c(F)c(-c3ccccc3C3CC3)ncc12)C1CCN(C(=O)/C(F)=C/c2cccnn2)C1. The molecular formula is C36H37F3N8O2. The van der Waals surface area contributed by atoms with Crippen LogP contribution in [0.3, 0.4) is 0 Å². The van der Waals surface area contributed by atoms with E-state index in [4.69, 9.17) is 9.72 Å². The van der Waals surface area contributed by atoms with Crippen molar-refractivity contribution >= 4 is 28.7 Å². The van der Waals surface area contributed by atoms with Gasteiger partial charge in [0.2, 0.25) is 0 Å². The van der Waals surface area contributed by atoms with E-state index >= 15 is 4.39 Å². The van der Waals surface area contributed by atoms with E-state index in [-0.39, 0.29) is 42.1 Å². The number of amides is 1. The van der Waals surface area contributed by atoms with E-state index < -0.39 is 29.3 Å². The van der Waals surface area contributed by atoms with Crippen LogP contribution in [0.25, 0.3) is 28.2 Å². The molecule has 254 valence electrons. The van der Waals surface area contributed by atoms with E-state index in [2.05, 4.69) is 25.1 Å². The van der Waals surface area contributed by atoms with Crippen molar-refractivity contribution in [2.24, 2.45) is 0 Å². The number of anilines is 1. The first-order chi connectivity index (χ1) is 23.8. The number of pyridine rings is 1. The van der Waals surface area contributed by atoms with Gasteiger partial charge in [-0.05, 0) is 62.3 Å². The zero-order chi connectivity index (χ0) is 33.7. The minimum Gasteiger partial charge on any atom is -0.461 e. The van der Waals surface area contributed by atoms with Gasteiger partial charge in [-0.1, -0.05) is 24.3 Å². The van der Waals surface area contributed by atoms with Gasteiger partial charge in [-0.15, -0.1) is 0 Å². The van der Waals surface area contributed by atoms with Crippen molar-refractivity contribution in [3.05, 3.63) is 71.7 Å². The van der Waals surface area contributed by atoms with Crippen LogP contribution in [0.1, 0.15) is 55.7 Å². The number of benzene rings is 1. The third kappa shape index (κ3) is 5.98. The summed E-state index contributed by atoms with van der Waals surface area (Å²) in [6, 6.07) is 10.7. The molecule has 3 aliphatic heterocycles. The Labute approximate surface area is 282 Å². The Morgan fingerprint density at radius 1 is 1.12 bits per heavy atom. The predicted octanol–water partition coefficient (Wildman–Crippen LogP) is 5.50. The molecule has 8 rings (SSSR count). The lowest BCUT2D eigenvalue weighted by atomic mass is 9.95. The summed E-state index contributed by atoms with van der Waals surface area (Å²) in [5, 5.41) is 7.95. The van der Waals surface area contributed by atoms with Gasteiger partial charge in [-0.25, -0.2) is 13.2 Å². The summed E-state index contributed by atoms with van der Waals surface area (Å²) in [6.45, 7) is 1.92. The van der Waals surface area contributed by atoms with Crippen molar-refractivity contribution in [2.75, 3.05) is 44.7 Å². The van der Waals surface area contributed by atoms with Gasteiger partial charge in [0, 0.05) is 63.2 Å². The second-order valence-electron chi connectivity index (χ2n) is 13.7. The molecule has 13 heteroatoms. The van der Waals surface area contributed by atoms with Crippen molar-refractivity contribution in [1.82, 2.24) is 34.9 Å². The molecule has 4 aliphatic rings. The fourth-order valence-electron chi connectivity index (χ4n) is 7.80. The first kappa shape index (κ1) is 31.6. The van der Waals surface area contributed by atoms with Crippen LogP contribution in [0.15, 0.2) is 54.6 Å². The number of carbonyl (C=O) groups excluding carboxylic acids is 1. The molecule has 3 atom stereocenters. The van der Waals surface area contributed by atoms with Crippen LogP contribution < -0.4 is 9.64 Å². The largest absolute Gasteiger partial charge is 0.461 e. The number of likely N-dealkylation sites (N-methyl/N-ethyl adjacent to an activating group) is 1. The summed E-state index contributed by atoms with van der Waals surface area (Å²) in [7, 11) is 1.81. The number of nitrogens with zero attached hydrogens (tertiary/aromatic N) is 8. The molecule has 1 aliphatic carbocycles. The molecule has 49 heavy (non-hydrogen) atoms. The number of aromatic nitrogens is 5. The third-order valence-corrected chi connectivity index (χ3v) is 10.5. The highest BCUT2D eigenvalue weighted by Crippen LogP contribution is 2.45. The molecule has 1 saturated carbocycles. The number of ether oxygens (including phenoxy) is 1. The first-order valence-corrected chi connectivity index (χ1v) is 16.9. The van der Waals surface area contributed by atoms with Gasteiger partial charge in [0.05, 0.1) is 16.6 Å². The van der Waals surface area contributed by atoms with Crippen LogP contribution in [-0.2, 0) is 4.79 Å². The number of fused-ring (bicyclic) bond motifs is 2. The Hall–Kier alpha value is -4.65. The van der Waals surface area contributed by atoms with Gasteiger partial charge in [0.25, 0.3) is 5.91 Å². The number of alkyl halides is 1. The van der Waals surface area contributed by atoms with E-state index in [1.54, 1.807) is 18.3 Å². The maximum absolute atomic E-state index is 16.7. The number of rotatable bonds is 9. The maximum atomic E-state index is 16.7. The molecule has 1 aromatic carbocycles. The van der Waals surface area contributed by atoms with Crippen molar-refractivity contribution in [2.45, 2.75) is 62.2 Å². The monoisotopic (exact) mass is 670 g/mol. The second-order valence-corrected chi connectivity index (χ2v) is 13.7. The quantitative estimate of drug-likeness (QED) is 0.214. The van der Waals surface area contributed by atoms with Crippen molar-refractivity contribution in [1.29, 1.82) is 0 Å². The topological polar surface area (TPSA) is 100 Å². The average Bonchev–Trinajstić information content (AvgIpc) is 3.58. The lowest BCUT2D eigenvalue weighted by Crippen LogP contribution is -2.43. The predicted molar refractivity (Wildman–Crippen MR) is 178 cm³/mol. The third-order valence-electron chi connectivity index (χ3n) is 10.5. The Balaban J connectivity index is 1.12. The zero-order valence-electron chi connectivity index (χ0n) is 27.2. The number of halogens is 3. The van der Waals surface area contributed by atoms with Gasteiger partial charge in [0.1, 0.15) is 29.8 Å². The Morgan fingerprint density at radius 3 is 2.80 bits per heavy atom. The van der Waals surface area contributed by atoms with Crippen LogP contribution >= 0.6 is 0 Å². The molecule has 6 heterocycles. The molecular weight excluding hydrogens is 633 g/mol. The van der Waals surface area contributed by atoms with Crippen molar-refractivity contribution in [3.8, 4) is 17.3 Å². The fourth-order valence-corrected chi connectivity index (χ4v) is 7.80. The fraction of sp³-hybridized carbons (Fsp3) is 0.444. The second kappa shape index (κ2) is 12.7. The number of hydrogen-bond acceptors (Lipinski definition) is 9. The number of hydrogen-bond donors (Lipinski definition) is 0. The molecule has 3 aromatic heterocycles. The van der Waals surface area contributed by atoms with Crippen LogP contribution in [0.4, 0.5) is 19.0 Å². The molecule has 0 spiro atoms. The molecule has 0 radical (unpaired) electrons. The summed E-state index contributed by atoms with van der Waals surface area (Å²) in [6.07, 6.45) is 7.99. The Kier molecular flexibility index (Phi) is 8.17. The van der Waals surface area contributed by atoms with Crippen LogP contribution in [0.5, 0.6) is 6.01 Å². The minimum atomic E-state index is -0.931. The van der Waals surface area contributed by atoms with E-state index in [1.165, 1.54) is 11.1 Å². The molecule has 10 nitrogen and oxygen atoms in total. The van der Waals surface area contributed by atoms with E-state index in [9.17, 15) is 13.6 Å². The maximum Gasteiger partial charge on any atom is 0.319 e. The lowest BCUT2D eigenvalue weighted by Gasteiger charge is -2.31. The van der Waals surface area contributed by atoms with Crippen molar-refractivity contribution in [3.63, 3.8) is 0 Å². The van der Waals surface area contributed by atoms with Gasteiger partial charge in [-0.3, -0.25) is 14.7 Å². The zero-order valence-corrected chi connectivity index (χ0v) is 27.2. The van der Waals surface area contributed by atoms with Crippen LogP contribution in [0.2, 0.25) is 0 Å². The summed E-state index contributed by atoms with van der Waals surface area (Å²) < 4.78 is 52.4. The molecule has 2 unspecified atom stereocenters. The van der Waals surface area contributed by atoms with E-state index in [0.717, 1.165) is 49.4 Å². The highest BCUT2D eigenvalue weighted by atomic mass is 19.1. The van der Waals surface area contributed by atoms with Crippen LogP contribution in [-0.4, -0.2) is 98.4 Å². The minimum absolute atomic E-state index is 0.00621. The molecule has 3 saturated heterocycles. The molecule has 1 amide bonds. The summed E-state index contributed by atoms with van der Waals surface area (Å²) in [4.78, 5) is 32.4. The Bertz CT molecular complexity index is 1930. The first-order valence-electron chi connectivity index (χ1n) is 16.9. The van der Waals surface area contributed by atoms with E-state index in [1.807, 2.05) is 36.2 Å². The highest BCUT2D eigenvalue weighted by molar-refractivity contribution is 5.96. The summed E-state index contributed by atoms with van der Waals surface area (Å²) in [5.74, 6) is -1.48. The van der Waals surface area contributed by atoms with Gasteiger partial charge < -0.3 is 14.5 Å². The number of likely N-dealkylation sites (tertiary alicyclic amines) is 1. The number of carbonyl (C=O) groups is 1. The van der Waals surface area contributed by atoms with Gasteiger partial charge in [-0.2, -0.15) is 20.2 Å². The summed E-state index contributed by atoms with van der Waals surface area (Å²) >= 11 is 0. The van der Waals surface area contributed by atoms with Gasteiger partial charge >= 0.3 is 6.01 Å².